The first-order valence-electron chi connectivity index (χ1n) is 10.6. The molecule has 1 aliphatic rings. The Kier molecular flexibility index (Phi) is 6.01. The van der Waals surface area contributed by atoms with Crippen LogP contribution in [0.15, 0.2) is 51.8 Å². The van der Waals surface area contributed by atoms with Crippen LogP contribution in [0.25, 0.3) is 22.5 Å². The highest BCUT2D eigenvalue weighted by Gasteiger charge is 2.36. The highest BCUT2D eigenvalue weighted by atomic mass is 32.2. The second-order valence-electron chi connectivity index (χ2n) is 8.65. The number of carbonyl (C=O) groups excluding carboxylic acids is 1. The number of aryl methyl sites for hydroxylation is 1. The quantitative estimate of drug-likeness (QED) is 0.570. The Balaban J connectivity index is 1.97. The average molecular weight is 488 g/mol. The van der Waals surface area contributed by atoms with Crippen molar-refractivity contribution in [2.24, 2.45) is 5.14 Å². The number of anilines is 1. The number of hydrogen-bond donors (Lipinski definition) is 2. The Hall–Kier alpha value is -3.21. The molecule has 34 heavy (non-hydrogen) atoms. The standard InChI is InChI=1S/C24H26FN3O5S/c1-14-5-8-19(33-14)16-7-10-20(34(26,30)31)21(22(16)25)17-13-15(6-9-18(17)32-4)28-12-11-27-24(2,3)23(28)29/h5-10,13,27H,11-12H2,1-4H3,(H2,26,30,31). The number of carbonyl (C=O) groups is 1. The largest absolute Gasteiger partial charge is 0.496 e. The van der Waals surface area contributed by atoms with Crippen LogP contribution in [0.5, 0.6) is 5.75 Å². The molecule has 0 atom stereocenters. The van der Waals surface area contributed by atoms with Crippen LogP contribution in [0.2, 0.25) is 0 Å². The van der Waals surface area contributed by atoms with Gasteiger partial charge in [-0.1, -0.05) is 0 Å². The van der Waals surface area contributed by atoms with Crippen molar-refractivity contribution in [3.05, 3.63) is 54.0 Å². The maximum absolute atomic E-state index is 16.0. The summed E-state index contributed by atoms with van der Waals surface area (Å²) < 4.78 is 51.9. The number of hydrogen-bond acceptors (Lipinski definition) is 6. The van der Waals surface area contributed by atoms with Gasteiger partial charge in [0.1, 0.15) is 23.1 Å². The third kappa shape index (κ3) is 4.20. The number of nitrogens with zero attached hydrogens (tertiary/aromatic N) is 1. The van der Waals surface area contributed by atoms with Crippen molar-refractivity contribution >= 4 is 21.6 Å². The first-order chi connectivity index (χ1) is 15.9. The number of amides is 1. The lowest BCUT2D eigenvalue weighted by atomic mass is 9.97. The molecule has 10 heteroatoms. The normalized spacial score (nSPS) is 16.1. The number of rotatable bonds is 5. The van der Waals surface area contributed by atoms with E-state index in [0.717, 1.165) is 0 Å². The zero-order valence-electron chi connectivity index (χ0n) is 19.3. The van der Waals surface area contributed by atoms with E-state index in [1.165, 1.54) is 19.2 Å². The molecule has 0 aliphatic carbocycles. The highest BCUT2D eigenvalue weighted by molar-refractivity contribution is 7.89. The predicted molar refractivity (Wildman–Crippen MR) is 127 cm³/mol. The summed E-state index contributed by atoms with van der Waals surface area (Å²) in [5.41, 5.74) is -0.339. The number of furan rings is 1. The Morgan fingerprint density at radius 1 is 1.15 bits per heavy atom. The molecule has 0 bridgehead atoms. The fourth-order valence-electron chi connectivity index (χ4n) is 4.12. The fourth-order valence-corrected chi connectivity index (χ4v) is 4.86. The van der Waals surface area contributed by atoms with E-state index in [-0.39, 0.29) is 34.1 Å². The number of primary sulfonamides is 1. The number of piperazine rings is 1. The lowest BCUT2D eigenvalue weighted by molar-refractivity contribution is -0.124. The summed E-state index contributed by atoms with van der Waals surface area (Å²) in [5, 5.41) is 8.62. The Morgan fingerprint density at radius 2 is 1.88 bits per heavy atom. The van der Waals surface area contributed by atoms with Crippen molar-refractivity contribution in [2.75, 3.05) is 25.1 Å². The first kappa shape index (κ1) is 23.9. The minimum absolute atomic E-state index is 0.0716. The van der Waals surface area contributed by atoms with Crippen molar-refractivity contribution in [2.45, 2.75) is 31.2 Å². The molecule has 1 amide bonds. The van der Waals surface area contributed by atoms with Gasteiger partial charge in [-0.2, -0.15) is 0 Å². The number of methoxy groups -OCH3 is 1. The molecule has 1 saturated heterocycles. The van der Waals surface area contributed by atoms with Crippen LogP contribution >= 0.6 is 0 Å². The van der Waals surface area contributed by atoms with Crippen LogP contribution in [0.3, 0.4) is 0 Å². The van der Waals surface area contributed by atoms with Gasteiger partial charge in [0, 0.05) is 29.9 Å². The van der Waals surface area contributed by atoms with E-state index in [1.807, 2.05) is 0 Å². The van der Waals surface area contributed by atoms with Crippen LogP contribution in [0.4, 0.5) is 10.1 Å². The summed E-state index contributed by atoms with van der Waals surface area (Å²) in [7, 11) is -2.91. The van der Waals surface area contributed by atoms with Crippen molar-refractivity contribution < 1.29 is 26.8 Å². The molecule has 0 spiro atoms. The second kappa shape index (κ2) is 8.53. The van der Waals surface area contributed by atoms with E-state index < -0.39 is 26.3 Å². The molecular formula is C24H26FN3O5S. The number of nitrogens with one attached hydrogen (secondary N) is 1. The Labute approximate surface area is 197 Å². The minimum Gasteiger partial charge on any atom is -0.496 e. The van der Waals surface area contributed by atoms with E-state index >= 15 is 4.39 Å². The molecule has 3 N–H and O–H groups in total. The summed E-state index contributed by atoms with van der Waals surface area (Å²) in [6.45, 7) is 6.23. The predicted octanol–water partition coefficient (Wildman–Crippen LogP) is 3.43. The summed E-state index contributed by atoms with van der Waals surface area (Å²) in [6.07, 6.45) is 0. The van der Waals surface area contributed by atoms with E-state index in [4.69, 9.17) is 14.3 Å². The van der Waals surface area contributed by atoms with E-state index in [0.29, 0.717) is 24.5 Å². The molecule has 2 heterocycles. The van der Waals surface area contributed by atoms with Gasteiger partial charge in [0.2, 0.25) is 15.9 Å². The third-order valence-electron chi connectivity index (χ3n) is 5.86. The van der Waals surface area contributed by atoms with Crippen LogP contribution < -0.4 is 20.1 Å². The van der Waals surface area contributed by atoms with Gasteiger partial charge in [-0.15, -0.1) is 0 Å². The van der Waals surface area contributed by atoms with E-state index in [2.05, 4.69) is 5.32 Å². The minimum atomic E-state index is -4.31. The topological polar surface area (TPSA) is 115 Å². The van der Waals surface area contributed by atoms with Gasteiger partial charge in [-0.05, 0) is 63.2 Å². The molecule has 0 unspecified atom stereocenters. The van der Waals surface area contributed by atoms with E-state index in [1.54, 1.807) is 56.0 Å². The second-order valence-corrected chi connectivity index (χ2v) is 10.2. The summed E-state index contributed by atoms with van der Waals surface area (Å²) in [6, 6.07) is 10.6. The lowest BCUT2D eigenvalue weighted by Crippen LogP contribution is -2.61. The maximum atomic E-state index is 16.0. The summed E-state index contributed by atoms with van der Waals surface area (Å²) in [5.74, 6) is 0.0459. The SMILES string of the molecule is COc1ccc(N2CCNC(C)(C)C2=O)cc1-c1c(S(N)(=O)=O)ccc(-c2ccc(C)o2)c1F. The third-order valence-corrected chi connectivity index (χ3v) is 6.82. The number of halogens is 1. The number of nitrogens with two attached hydrogens (primary N) is 1. The summed E-state index contributed by atoms with van der Waals surface area (Å²) in [4.78, 5) is 14.2. The molecular weight excluding hydrogens is 461 g/mol. The number of sulfonamides is 1. The van der Waals surface area contributed by atoms with Crippen LogP contribution in [-0.2, 0) is 14.8 Å². The smallest absolute Gasteiger partial charge is 0.246 e. The van der Waals surface area contributed by atoms with E-state index in [9.17, 15) is 13.2 Å². The average Bonchev–Trinajstić information content (AvgIpc) is 3.20. The highest BCUT2D eigenvalue weighted by Crippen LogP contribution is 2.42. The number of benzene rings is 2. The van der Waals surface area contributed by atoms with Gasteiger partial charge in [0.15, 0.2) is 0 Å². The monoisotopic (exact) mass is 487 g/mol. The van der Waals surface area contributed by atoms with Gasteiger partial charge < -0.3 is 19.4 Å². The molecule has 4 rings (SSSR count). The molecule has 180 valence electrons. The molecule has 3 aromatic rings. The molecule has 1 aliphatic heterocycles. The molecule has 0 saturated carbocycles. The fraction of sp³-hybridized carbons (Fsp3) is 0.292. The van der Waals surface area contributed by atoms with Crippen molar-refractivity contribution in [1.29, 1.82) is 0 Å². The zero-order valence-corrected chi connectivity index (χ0v) is 20.1. The molecule has 1 fully saturated rings. The maximum Gasteiger partial charge on any atom is 0.246 e. The molecule has 2 aromatic carbocycles. The molecule has 1 aromatic heterocycles. The van der Waals surface area contributed by atoms with Gasteiger partial charge >= 0.3 is 0 Å². The molecule has 8 nitrogen and oxygen atoms in total. The first-order valence-corrected chi connectivity index (χ1v) is 12.2. The van der Waals surface area contributed by atoms with Gasteiger partial charge in [0.05, 0.1) is 23.1 Å². The van der Waals surface area contributed by atoms with Gasteiger partial charge in [-0.3, -0.25) is 4.79 Å². The van der Waals surface area contributed by atoms with Crippen LogP contribution in [-0.4, -0.2) is 40.1 Å². The van der Waals surface area contributed by atoms with Crippen molar-refractivity contribution in [3.63, 3.8) is 0 Å². The Morgan fingerprint density at radius 3 is 2.50 bits per heavy atom. The van der Waals surface area contributed by atoms with Crippen LogP contribution in [0, 0.1) is 12.7 Å². The van der Waals surface area contributed by atoms with Gasteiger partial charge in [-0.25, -0.2) is 17.9 Å². The molecule has 0 radical (unpaired) electrons. The lowest BCUT2D eigenvalue weighted by Gasteiger charge is -2.38. The Bertz CT molecular complexity index is 1380. The zero-order chi connectivity index (χ0) is 24.8. The van der Waals surface area contributed by atoms with Crippen molar-refractivity contribution in [3.8, 4) is 28.2 Å². The number of ether oxygens (including phenoxy) is 1. The summed E-state index contributed by atoms with van der Waals surface area (Å²) >= 11 is 0. The van der Waals surface area contributed by atoms with Crippen molar-refractivity contribution in [1.82, 2.24) is 5.32 Å². The van der Waals surface area contributed by atoms with Gasteiger partial charge in [0.25, 0.3) is 0 Å². The van der Waals surface area contributed by atoms with Crippen LogP contribution in [0.1, 0.15) is 19.6 Å².